The van der Waals surface area contributed by atoms with Crippen molar-refractivity contribution in [3.8, 4) is 0 Å². The summed E-state index contributed by atoms with van der Waals surface area (Å²) in [6, 6.07) is 16.7. The summed E-state index contributed by atoms with van der Waals surface area (Å²) in [5, 5.41) is 3.00. The van der Waals surface area contributed by atoms with Gasteiger partial charge in [0.2, 0.25) is 15.9 Å². The van der Waals surface area contributed by atoms with Gasteiger partial charge in [-0.1, -0.05) is 48.9 Å². The summed E-state index contributed by atoms with van der Waals surface area (Å²) < 4.78 is 26.9. The van der Waals surface area contributed by atoms with Crippen molar-refractivity contribution in [3.05, 3.63) is 65.7 Å². The van der Waals surface area contributed by atoms with Gasteiger partial charge in [-0.25, -0.2) is 8.42 Å². The highest BCUT2D eigenvalue weighted by molar-refractivity contribution is 7.89. The molecule has 0 aliphatic carbocycles. The highest BCUT2D eigenvalue weighted by atomic mass is 32.2. The van der Waals surface area contributed by atoms with Crippen LogP contribution in [0.15, 0.2) is 59.5 Å². The van der Waals surface area contributed by atoms with Crippen LogP contribution in [-0.2, 0) is 21.2 Å². The summed E-state index contributed by atoms with van der Waals surface area (Å²) in [5.41, 5.74) is 2.03. The molecule has 1 atom stereocenters. The average Bonchev–Trinajstić information content (AvgIpc) is 2.74. The Morgan fingerprint density at radius 3 is 2.29 bits per heavy atom. The molecule has 1 aliphatic rings. The molecule has 5 nitrogen and oxygen atoms in total. The Balaban J connectivity index is 1.53. The van der Waals surface area contributed by atoms with Gasteiger partial charge in [-0.3, -0.25) is 4.79 Å². The van der Waals surface area contributed by atoms with Gasteiger partial charge in [0.25, 0.3) is 0 Å². The van der Waals surface area contributed by atoms with Gasteiger partial charge in [-0.05, 0) is 49.4 Å². The number of nitrogens with zero attached hydrogens (tertiary/aromatic N) is 1. The summed E-state index contributed by atoms with van der Waals surface area (Å²) >= 11 is 0. The van der Waals surface area contributed by atoms with E-state index in [0.29, 0.717) is 30.8 Å². The van der Waals surface area contributed by atoms with E-state index in [1.807, 2.05) is 49.4 Å². The Labute approximate surface area is 167 Å². The Bertz CT molecular complexity index is 874. The van der Waals surface area contributed by atoms with Gasteiger partial charge in [0.1, 0.15) is 0 Å². The minimum absolute atomic E-state index is 0.0126. The van der Waals surface area contributed by atoms with E-state index in [4.69, 9.17) is 0 Å². The highest BCUT2D eigenvalue weighted by Crippen LogP contribution is 2.21. The molecule has 0 bridgehead atoms. The summed E-state index contributed by atoms with van der Waals surface area (Å²) in [6.07, 6.45) is 3.89. The third kappa shape index (κ3) is 5.20. The number of nitrogens with one attached hydrogen (secondary N) is 1. The normalized spacial score (nSPS) is 16.5. The van der Waals surface area contributed by atoms with Gasteiger partial charge in [-0.2, -0.15) is 4.31 Å². The molecule has 0 unspecified atom stereocenters. The highest BCUT2D eigenvalue weighted by Gasteiger charge is 2.25. The van der Waals surface area contributed by atoms with Crippen LogP contribution in [0, 0.1) is 0 Å². The third-order valence-corrected chi connectivity index (χ3v) is 7.11. The number of amides is 1. The molecule has 0 radical (unpaired) electrons. The molecule has 6 heteroatoms. The molecule has 1 N–H and O–H groups in total. The first-order valence-corrected chi connectivity index (χ1v) is 11.3. The summed E-state index contributed by atoms with van der Waals surface area (Å²) in [5.74, 6) is -0.0126. The Morgan fingerprint density at radius 2 is 1.64 bits per heavy atom. The smallest absolute Gasteiger partial charge is 0.243 e. The van der Waals surface area contributed by atoms with Gasteiger partial charge in [-0.15, -0.1) is 0 Å². The zero-order chi connectivity index (χ0) is 20.0. The fourth-order valence-electron chi connectivity index (χ4n) is 3.48. The molecular weight excluding hydrogens is 372 g/mol. The Morgan fingerprint density at radius 1 is 1.00 bits per heavy atom. The van der Waals surface area contributed by atoms with E-state index in [1.165, 1.54) is 0 Å². The van der Waals surface area contributed by atoms with Gasteiger partial charge in [0.15, 0.2) is 0 Å². The first kappa shape index (κ1) is 20.6. The number of carbonyl (C=O) groups excluding carboxylic acids is 1. The van der Waals surface area contributed by atoms with Crippen LogP contribution in [-0.4, -0.2) is 31.7 Å². The minimum atomic E-state index is -3.40. The van der Waals surface area contributed by atoms with Crippen molar-refractivity contribution in [3.63, 3.8) is 0 Å². The molecule has 0 aromatic heterocycles. The quantitative estimate of drug-likeness (QED) is 0.771. The molecule has 1 aliphatic heterocycles. The Hall–Kier alpha value is -2.18. The van der Waals surface area contributed by atoms with Crippen LogP contribution in [0.3, 0.4) is 0 Å². The van der Waals surface area contributed by atoms with Gasteiger partial charge < -0.3 is 5.32 Å². The summed E-state index contributed by atoms with van der Waals surface area (Å²) in [7, 11) is -3.40. The van der Waals surface area contributed by atoms with E-state index in [9.17, 15) is 13.2 Å². The van der Waals surface area contributed by atoms with Crippen LogP contribution in [0.5, 0.6) is 0 Å². The second-order valence-electron chi connectivity index (χ2n) is 7.31. The number of rotatable bonds is 7. The maximum Gasteiger partial charge on any atom is 0.243 e. The topological polar surface area (TPSA) is 66.5 Å². The van der Waals surface area contributed by atoms with E-state index >= 15 is 0 Å². The Kier molecular flexibility index (Phi) is 6.86. The molecule has 2 aromatic carbocycles. The van der Waals surface area contributed by atoms with Crippen LogP contribution < -0.4 is 5.32 Å². The molecule has 3 rings (SSSR count). The molecule has 0 spiro atoms. The zero-order valence-corrected chi connectivity index (χ0v) is 17.1. The van der Waals surface area contributed by atoms with Gasteiger partial charge in [0, 0.05) is 19.5 Å². The number of sulfonamides is 1. The average molecular weight is 401 g/mol. The van der Waals surface area contributed by atoms with Crippen molar-refractivity contribution in [1.82, 2.24) is 9.62 Å². The predicted molar refractivity (Wildman–Crippen MR) is 110 cm³/mol. The van der Waals surface area contributed by atoms with Crippen LogP contribution in [0.1, 0.15) is 49.8 Å². The minimum Gasteiger partial charge on any atom is -0.350 e. The zero-order valence-electron chi connectivity index (χ0n) is 16.3. The monoisotopic (exact) mass is 400 g/mol. The summed E-state index contributed by atoms with van der Waals surface area (Å²) in [4.78, 5) is 12.6. The second-order valence-corrected chi connectivity index (χ2v) is 9.25. The van der Waals surface area contributed by atoms with E-state index in [-0.39, 0.29) is 11.9 Å². The number of benzene rings is 2. The van der Waals surface area contributed by atoms with Crippen LogP contribution in [0.4, 0.5) is 0 Å². The fraction of sp³-hybridized carbons (Fsp3) is 0.409. The molecule has 1 heterocycles. The molecule has 28 heavy (non-hydrogen) atoms. The molecule has 0 saturated carbocycles. The first-order chi connectivity index (χ1) is 13.5. The van der Waals surface area contributed by atoms with Crippen molar-refractivity contribution in [2.24, 2.45) is 0 Å². The lowest BCUT2D eigenvalue weighted by atomic mass is 10.1. The fourth-order valence-corrected chi connectivity index (χ4v) is 5.00. The largest absolute Gasteiger partial charge is 0.350 e. The number of hydrogen-bond donors (Lipinski definition) is 1. The number of hydrogen-bond acceptors (Lipinski definition) is 3. The lowest BCUT2D eigenvalue weighted by Crippen LogP contribution is -2.35. The summed E-state index contributed by atoms with van der Waals surface area (Å²) in [6.45, 7) is 3.17. The van der Waals surface area contributed by atoms with Crippen molar-refractivity contribution in [1.29, 1.82) is 0 Å². The molecule has 2 aromatic rings. The van der Waals surface area contributed by atoms with E-state index in [2.05, 4.69) is 5.32 Å². The van der Waals surface area contributed by atoms with E-state index < -0.39 is 10.0 Å². The molecule has 1 saturated heterocycles. The maximum atomic E-state index is 12.7. The van der Waals surface area contributed by atoms with Crippen molar-refractivity contribution in [2.45, 2.75) is 50.0 Å². The molecule has 1 amide bonds. The molecule has 150 valence electrons. The SMILES string of the molecule is C[C@@H](NC(=O)CCc1ccc(S(=O)(=O)N2CCCCC2)cc1)c1ccccc1. The van der Waals surface area contributed by atoms with Crippen LogP contribution in [0.2, 0.25) is 0 Å². The lowest BCUT2D eigenvalue weighted by Gasteiger charge is -2.25. The van der Waals surface area contributed by atoms with Crippen molar-refractivity contribution >= 4 is 15.9 Å². The van der Waals surface area contributed by atoms with Gasteiger partial charge in [0.05, 0.1) is 10.9 Å². The number of aryl methyl sites for hydroxylation is 1. The van der Waals surface area contributed by atoms with Crippen LogP contribution >= 0.6 is 0 Å². The standard InChI is InChI=1S/C22H28N2O3S/c1-18(20-8-4-2-5-9-20)23-22(25)15-12-19-10-13-21(14-11-19)28(26,27)24-16-6-3-7-17-24/h2,4-5,8-11,13-14,18H,3,6-7,12,15-17H2,1H3,(H,23,25)/t18-/m1/s1. The van der Waals surface area contributed by atoms with E-state index in [0.717, 1.165) is 30.4 Å². The van der Waals surface area contributed by atoms with Gasteiger partial charge >= 0.3 is 0 Å². The van der Waals surface area contributed by atoms with Crippen molar-refractivity contribution in [2.75, 3.05) is 13.1 Å². The number of carbonyl (C=O) groups is 1. The van der Waals surface area contributed by atoms with Crippen molar-refractivity contribution < 1.29 is 13.2 Å². The van der Waals surface area contributed by atoms with E-state index in [1.54, 1.807) is 16.4 Å². The second kappa shape index (κ2) is 9.34. The predicted octanol–water partition coefficient (Wildman–Crippen LogP) is 3.67. The maximum absolute atomic E-state index is 12.7. The molecular formula is C22H28N2O3S. The number of piperidine rings is 1. The first-order valence-electron chi connectivity index (χ1n) is 9.90. The third-order valence-electron chi connectivity index (χ3n) is 5.19. The lowest BCUT2D eigenvalue weighted by molar-refractivity contribution is -0.121. The van der Waals surface area contributed by atoms with Crippen LogP contribution in [0.25, 0.3) is 0 Å². The molecule has 1 fully saturated rings.